The highest BCUT2D eigenvalue weighted by Crippen LogP contribution is 2.38. The molecule has 118 valence electrons. The summed E-state index contributed by atoms with van der Waals surface area (Å²) in [4.78, 5) is 0.0586. The molecule has 2 aromatic rings. The molecule has 0 aromatic heterocycles. The minimum Gasteiger partial charge on any atom is -0.504 e. The van der Waals surface area contributed by atoms with Gasteiger partial charge in [0.05, 0.1) is 3.57 Å². The second-order valence-electron chi connectivity index (χ2n) is 5.32. The van der Waals surface area contributed by atoms with Gasteiger partial charge in [0.25, 0.3) is 0 Å². The summed E-state index contributed by atoms with van der Waals surface area (Å²) in [6, 6.07) is 9.60. The number of benzene rings is 2. The van der Waals surface area contributed by atoms with E-state index in [-0.39, 0.29) is 22.3 Å². The summed E-state index contributed by atoms with van der Waals surface area (Å²) in [6.07, 6.45) is 0. The first kappa shape index (κ1) is 17.1. The lowest BCUT2D eigenvalue weighted by atomic mass is 10.0. The zero-order valence-corrected chi connectivity index (χ0v) is 15.5. The van der Waals surface area contributed by atoms with Crippen LogP contribution in [-0.4, -0.2) is 13.5 Å². The molecule has 0 fully saturated rings. The van der Waals surface area contributed by atoms with Crippen LogP contribution < -0.4 is 4.18 Å². The van der Waals surface area contributed by atoms with Crippen LogP contribution in [0.1, 0.15) is 30.9 Å². The third-order valence-corrected chi connectivity index (χ3v) is 5.58. The minimum absolute atomic E-state index is 0.0209. The summed E-state index contributed by atoms with van der Waals surface area (Å²) in [5.41, 5.74) is 1.88. The van der Waals surface area contributed by atoms with Crippen molar-refractivity contribution in [2.45, 2.75) is 31.6 Å². The molecule has 0 spiro atoms. The van der Waals surface area contributed by atoms with Gasteiger partial charge < -0.3 is 9.29 Å². The van der Waals surface area contributed by atoms with Crippen molar-refractivity contribution in [1.82, 2.24) is 0 Å². The molecule has 1 N–H and O–H groups in total. The Balaban J connectivity index is 2.46. The average Bonchev–Trinajstić information content (AvgIpc) is 2.43. The van der Waals surface area contributed by atoms with Crippen molar-refractivity contribution in [2.24, 2.45) is 0 Å². The molecule has 0 aliphatic heterocycles. The van der Waals surface area contributed by atoms with Crippen molar-refractivity contribution in [3.63, 3.8) is 0 Å². The smallest absolute Gasteiger partial charge is 0.339 e. The number of halogens is 1. The Bertz CT molecular complexity index is 781. The first-order chi connectivity index (χ1) is 10.2. The van der Waals surface area contributed by atoms with Crippen LogP contribution in [0.25, 0.3) is 0 Å². The van der Waals surface area contributed by atoms with E-state index >= 15 is 0 Å². The predicted molar refractivity (Wildman–Crippen MR) is 93.9 cm³/mol. The fourth-order valence-electron chi connectivity index (χ4n) is 1.95. The maximum atomic E-state index is 12.4. The number of hydrogen-bond acceptors (Lipinski definition) is 4. The Morgan fingerprint density at radius 3 is 2.23 bits per heavy atom. The van der Waals surface area contributed by atoms with Crippen molar-refractivity contribution in [1.29, 1.82) is 0 Å². The summed E-state index contributed by atoms with van der Waals surface area (Å²) in [5, 5.41) is 9.96. The second kappa shape index (κ2) is 6.45. The monoisotopic (exact) mass is 432 g/mol. The summed E-state index contributed by atoms with van der Waals surface area (Å²) in [7, 11) is -3.98. The Hall–Kier alpha value is -1.28. The fourth-order valence-corrected chi connectivity index (χ4v) is 4.24. The van der Waals surface area contributed by atoms with Crippen molar-refractivity contribution in [3.8, 4) is 11.5 Å². The lowest BCUT2D eigenvalue weighted by molar-refractivity contribution is 0.425. The van der Waals surface area contributed by atoms with E-state index in [1.54, 1.807) is 18.2 Å². The number of phenols is 1. The molecule has 6 heteroatoms. The van der Waals surface area contributed by atoms with E-state index < -0.39 is 10.1 Å². The van der Waals surface area contributed by atoms with E-state index in [1.165, 1.54) is 18.2 Å². The maximum Gasteiger partial charge on any atom is 0.339 e. The van der Waals surface area contributed by atoms with E-state index in [2.05, 4.69) is 0 Å². The highest BCUT2D eigenvalue weighted by Gasteiger charge is 2.22. The molecule has 2 rings (SSSR count). The van der Waals surface area contributed by atoms with Gasteiger partial charge in [-0.15, -0.1) is 0 Å². The van der Waals surface area contributed by atoms with E-state index in [0.29, 0.717) is 3.57 Å². The largest absolute Gasteiger partial charge is 0.504 e. The van der Waals surface area contributed by atoms with E-state index in [4.69, 9.17) is 4.18 Å². The van der Waals surface area contributed by atoms with Crippen LogP contribution in [-0.2, 0) is 10.1 Å². The van der Waals surface area contributed by atoms with Crippen molar-refractivity contribution < 1.29 is 17.7 Å². The number of hydrogen-bond donors (Lipinski definition) is 1. The molecule has 2 aromatic carbocycles. The normalized spacial score (nSPS) is 11.7. The molecule has 0 unspecified atom stereocenters. The van der Waals surface area contributed by atoms with Gasteiger partial charge in [0, 0.05) is 0 Å². The third-order valence-electron chi connectivity index (χ3n) is 3.23. The van der Waals surface area contributed by atoms with Crippen LogP contribution in [0.5, 0.6) is 11.5 Å². The Morgan fingerprint density at radius 1 is 1.09 bits per heavy atom. The standard InChI is InChI=1S/C16H17IO4S/c1-10(2)13-8-9-14(18)16(15(13)17)21-22(19,20)12-6-4-11(3)5-7-12/h4-10,18H,1-3H3. The van der Waals surface area contributed by atoms with E-state index in [1.807, 2.05) is 43.4 Å². The van der Waals surface area contributed by atoms with Gasteiger partial charge in [0.1, 0.15) is 4.90 Å². The maximum absolute atomic E-state index is 12.4. The van der Waals surface area contributed by atoms with Crippen molar-refractivity contribution in [2.75, 3.05) is 0 Å². The van der Waals surface area contributed by atoms with E-state index in [9.17, 15) is 13.5 Å². The minimum atomic E-state index is -3.98. The lowest BCUT2D eigenvalue weighted by Gasteiger charge is -2.15. The van der Waals surface area contributed by atoms with Crippen LogP contribution in [0.4, 0.5) is 0 Å². The number of phenolic OH excluding ortho intramolecular Hbond substituents is 1. The summed E-state index contributed by atoms with van der Waals surface area (Å²) in [6.45, 7) is 5.86. The molecular weight excluding hydrogens is 415 g/mol. The summed E-state index contributed by atoms with van der Waals surface area (Å²) >= 11 is 2.00. The molecule has 4 nitrogen and oxygen atoms in total. The molecule has 0 bridgehead atoms. The van der Waals surface area contributed by atoms with Gasteiger partial charge in [-0.3, -0.25) is 0 Å². The van der Waals surface area contributed by atoms with Crippen LogP contribution in [0.2, 0.25) is 0 Å². The first-order valence-corrected chi connectivity index (χ1v) is 9.23. The topological polar surface area (TPSA) is 63.6 Å². The fraction of sp³-hybridized carbons (Fsp3) is 0.250. The van der Waals surface area contributed by atoms with Gasteiger partial charge in [-0.2, -0.15) is 8.42 Å². The third kappa shape index (κ3) is 3.55. The highest BCUT2D eigenvalue weighted by molar-refractivity contribution is 14.1. The number of rotatable bonds is 4. The van der Waals surface area contributed by atoms with Crippen molar-refractivity contribution >= 4 is 32.7 Å². The molecule has 0 atom stereocenters. The Kier molecular flexibility index (Phi) is 5.01. The Labute approximate surface area is 144 Å². The molecule has 0 aliphatic carbocycles. The first-order valence-electron chi connectivity index (χ1n) is 6.75. The van der Waals surface area contributed by atoms with Crippen LogP contribution in [0, 0.1) is 10.5 Å². The van der Waals surface area contributed by atoms with Gasteiger partial charge in [-0.1, -0.05) is 37.6 Å². The SMILES string of the molecule is Cc1ccc(S(=O)(=O)Oc2c(O)ccc(C(C)C)c2I)cc1. The van der Waals surface area contributed by atoms with Gasteiger partial charge in [0.15, 0.2) is 11.5 Å². The molecule has 0 saturated heterocycles. The highest BCUT2D eigenvalue weighted by atomic mass is 127. The van der Waals surface area contributed by atoms with Crippen LogP contribution in [0.15, 0.2) is 41.3 Å². The quantitative estimate of drug-likeness (QED) is 0.581. The predicted octanol–water partition coefficient (Wildman–Crippen LogP) is 4.20. The molecule has 0 aliphatic rings. The Morgan fingerprint density at radius 2 is 1.68 bits per heavy atom. The van der Waals surface area contributed by atoms with Crippen molar-refractivity contribution in [3.05, 3.63) is 51.1 Å². The molecule has 0 radical (unpaired) electrons. The van der Waals surface area contributed by atoms with Gasteiger partial charge in [0.2, 0.25) is 0 Å². The second-order valence-corrected chi connectivity index (χ2v) is 7.95. The van der Waals surface area contributed by atoms with Gasteiger partial charge in [-0.25, -0.2) is 0 Å². The average molecular weight is 432 g/mol. The van der Waals surface area contributed by atoms with Gasteiger partial charge >= 0.3 is 10.1 Å². The zero-order chi connectivity index (χ0) is 16.5. The lowest BCUT2D eigenvalue weighted by Crippen LogP contribution is -2.11. The summed E-state index contributed by atoms with van der Waals surface area (Å²) < 4.78 is 30.5. The number of aromatic hydroxyl groups is 1. The van der Waals surface area contributed by atoms with Crippen LogP contribution >= 0.6 is 22.6 Å². The van der Waals surface area contributed by atoms with E-state index in [0.717, 1.165) is 11.1 Å². The molecular formula is C16H17IO4S. The van der Waals surface area contributed by atoms with Crippen LogP contribution in [0.3, 0.4) is 0 Å². The number of aryl methyl sites for hydroxylation is 1. The zero-order valence-electron chi connectivity index (χ0n) is 12.5. The molecule has 0 amide bonds. The molecule has 0 saturated carbocycles. The summed E-state index contributed by atoms with van der Waals surface area (Å²) in [5.74, 6) is -0.0196. The molecule has 22 heavy (non-hydrogen) atoms. The van der Waals surface area contributed by atoms with Gasteiger partial charge in [-0.05, 0) is 59.2 Å². The molecule has 0 heterocycles.